The van der Waals surface area contributed by atoms with Gasteiger partial charge in [0.05, 0.1) is 19.3 Å². The first-order valence-electron chi connectivity index (χ1n) is 8.37. The van der Waals surface area contributed by atoms with E-state index in [1.54, 1.807) is 7.11 Å². The van der Waals surface area contributed by atoms with E-state index in [4.69, 9.17) is 9.47 Å². The van der Waals surface area contributed by atoms with E-state index in [9.17, 15) is 4.79 Å². The van der Waals surface area contributed by atoms with Crippen molar-refractivity contribution >= 4 is 30.7 Å². The summed E-state index contributed by atoms with van der Waals surface area (Å²) >= 11 is 0. The van der Waals surface area contributed by atoms with Crippen LogP contribution in [0.1, 0.15) is 33.1 Å². The Kier molecular flexibility index (Phi) is 11.4. The van der Waals surface area contributed by atoms with Crippen molar-refractivity contribution in [1.82, 2.24) is 15.5 Å². The molecule has 0 saturated carbocycles. The zero-order chi connectivity index (χ0) is 16.0. The molecule has 6 nitrogen and oxygen atoms in total. The third-order valence-corrected chi connectivity index (χ3v) is 4.78. The minimum atomic E-state index is -0.0230. The SMILES string of the molecule is COC1CCN(C(C)(C)CNC(=O)CC2COCCN2)CC1.Cl.Cl. The van der Waals surface area contributed by atoms with Crippen LogP contribution in [0.15, 0.2) is 0 Å². The molecule has 2 aliphatic heterocycles. The minimum Gasteiger partial charge on any atom is -0.381 e. The predicted molar refractivity (Wildman–Crippen MR) is 100 cm³/mol. The molecular formula is C16H33Cl2N3O3. The summed E-state index contributed by atoms with van der Waals surface area (Å²) in [5.41, 5.74) is -0.0230. The van der Waals surface area contributed by atoms with Crippen molar-refractivity contribution in [2.45, 2.75) is 50.8 Å². The molecule has 0 spiro atoms. The maximum absolute atomic E-state index is 12.1. The second-order valence-corrected chi connectivity index (χ2v) is 6.94. The molecular weight excluding hydrogens is 353 g/mol. The molecule has 2 aliphatic rings. The van der Waals surface area contributed by atoms with Gasteiger partial charge >= 0.3 is 0 Å². The lowest BCUT2D eigenvalue weighted by Gasteiger charge is -2.42. The molecule has 0 aromatic heterocycles. The lowest BCUT2D eigenvalue weighted by Crippen LogP contribution is -2.55. The Morgan fingerprint density at radius 1 is 1.33 bits per heavy atom. The zero-order valence-electron chi connectivity index (χ0n) is 15.0. The fraction of sp³-hybridized carbons (Fsp3) is 0.938. The molecule has 8 heteroatoms. The summed E-state index contributed by atoms with van der Waals surface area (Å²) in [7, 11) is 1.79. The molecule has 0 bridgehead atoms. The van der Waals surface area contributed by atoms with Crippen LogP contribution in [0.5, 0.6) is 0 Å². The van der Waals surface area contributed by atoms with Crippen molar-refractivity contribution in [2.24, 2.45) is 0 Å². The number of piperidine rings is 1. The average molecular weight is 386 g/mol. The molecule has 1 atom stereocenters. The second-order valence-electron chi connectivity index (χ2n) is 6.94. The summed E-state index contributed by atoms with van der Waals surface area (Å²) in [4.78, 5) is 14.5. The number of carbonyl (C=O) groups is 1. The fourth-order valence-electron chi connectivity index (χ4n) is 3.17. The number of morpholine rings is 1. The third kappa shape index (κ3) is 7.42. The molecule has 2 N–H and O–H groups in total. The highest BCUT2D eigenvalue weighted by molar-refractivity contribution is 5.85. The van der Waals surface area contributed by atoms with Crippen molar-refractivity contribution in [3.05, 3.63) is 0 Å². The van der Waals surface area contributed by atoms with Crippen LogP contribution in [0.25, 0.3) is 0 Å². The molecule has 1 amide bonds. The highest BCUT2D eigenvalue weighted by Gasteiger charge is 2.31. The van der Waals surface area contributed by atoms with Gasteiger partial charge in [-0.15, -0.1) is 24.8 Å². The fourth-order valence-corrected chi connectivity index (χ4v) is 3.17. The van der Waals surface area contributed by atoms with Gasteiger partial charge in [-0.2, -0.15) is 0 Å². The molecule has 0 aliphatic carbocycles. The first kappa shape index (κ1) is 23.9. The second kappa shape index (κ2) is 11.5. The van der Waals surface area contributed by atoms with Crippen molar-refractivity contribution in [1.29, 1.82) is 0 Å². The van der Waals surface area contributed by atoms with Gasteiger partial charge in [0.1, 0.15) is 0 Å². The van der Waals surface area contributed by atoms with E-state index in [-0.39, 0.29) is 42.3 Å². The molecule has 0 aromatic rings. The van der Waals surface area contributed by atoms with Gasteiger partial charge in [0.25, 0.3) is 0 Å². The van der Waals surface area contributed by atoms with Gasteiger partial charge in [0.2, 0.25) is 5.91 Å². The minimum absolute atomic E-state index is 0. The molecule has 144 valence electrons. The largest absolute Gasteiger partial charge is 0.381 e. The number of ether oxygens (including phenoxy) is 2. The molecule has 2 rings (SSSR count). The smallest absolute Gasteiger partial charge is 0.221 e. The number of nitrogens with zero attached hydrogens (tertiary/aromatic N) is 1. The Labute approximate surface area is 158 Å². The van der Waals surface area contributed by atoms with Crippen LogP contribution in [-0.2, 0) is 14.3 Å². The maximum Gasteiger partial charge on any atom is 0.221 e. The highest BCUT2D eigenvalue weighted by atomic mass is 35.5. The first-order valence-corrected chi connectivity index (χ1v) is 8.37. The van der Waals surface area contributed by atoms with Crippen LogP contribution in [0.2, 0.25) is 0 Å². The lowest BCUT2D eigenvalue weighted by atomic mass is 9.97. The quantitative estimate of drug-likeness (QED) is 0.719. The molecule has 0 aromatic carbocycles. The van der Waals surface area contributed by atoms with E-state index in [0.717, 1.165) is 39.1 Å². The van der Waals surface area contributed by atoms with Crippen LogP contribution in [0.4, 0.5) is 0 Å². The predicted octanol–water partition coefficient (Wildman–Crippen LogP) is 1.21. The standard InChI is InChI=1S/C16H31N3O3.2ClH/c1-16(2,19-7-4-14(21-3)5-8-19)12-18-15(20)10-13-11-22-9-6-17-13;;/h13-14,17H,4-12H2,1-3H3,(H,18,20);2*1H. The summed E-state index contributed by atoms with van der Waals surface area (Å²) in [6.07, 6.45) is 3.01. The summed E-state index contributed by atoms with van der Waals surface area (Å²) in [6, 6.07) is 0.148. The number of carbonyl (C=O) groups excluding carboxylic acids is 1. The van der Waals surface area contributed by atoms with Crippen LogP contribution in [0, 0.1) is 0 Å². The molecule has 2 saturated heterocycles. The van der Waals surface area contributed by atoms with Gasteiger partial charge in [0.15, 0.2) is 0 Å². The Balaban J connectivity index is 0.00000264. The van der Waals surface area contributed by atoms with Crippen molar-refractivity contribution in [2.75, 3.05) is 46.5 Å². The highest BCUT2D eigenvalue weighted by Crippen LogP contribution is 2.21. The van der Waals surface area contributed by atoms with Gasteiger partial charge in [-0.05, 0) is 26.7 Å². The van der Waals surface area contributed by atoms with Crippen molar-refractivity contribution in [3.8, 4) is 0 Å². The lowest BCUT2D eigenvalue weighted by molar-refractivity contribution is -0.123. The number of hydrogen-bond donors (Lipinski definition) is 2. The van der Waals surface area contributed by atoms with Gasteiger partial charge in [-0.25, -0.2) is 0 Å². The first-order chi connectivity index (χ1) is 10.5. The normalized spacial score (nSPS) is 23.0. The van der Waals surface area contributed by atoms with Crippen LogP contribution >= 0.6 is 24.8 Å². The topological polar surface area (TPSA) is 62.8 Å². The van der Waals surface area contributed by atoms with Crippen molar-refractivity contribution in [3.63, 3.8) is 0 Å². The number of nitrogens with one attached hydrogen (secondary N) is 2. The summed E-state index contributed by atoms with van der Waals surface area (Å²) in [5.74, 6) is 0.0999. The van der Waals surface area contributed by atoms with Crippen LogP contribution < -0.4 is 10.6 Å². The average Bonchev–Trinajstić information content (AvgIpc) is 2.54. The zero-order valence-corrected chi connectivity index (χ0v) is 16.6. The summed E-state index contributed by atoms with van der Waals surface area (Å²) in [5, 5.41) is 6.40. The Morgan fingerprint density at radius 2 is 2.00 bits per heavy atom. The molecule has 1 unspecified atom stereocenters. The van der Waals surface area contributed by atoms with Crippen molar-refractivity contribution < 1.29 is 14.3 Å². The van der Waals surface area contributed by atoms with E-state index in [0.29, 0.717) is 25.7 Å². The molecule has 24 heavy (non-hydrogen) atoms. The van der Waals surface area contributed by atoms with Gasteiger partial charge in [-0.3, -0.25) is 9.69 Å². The van der Waals surface area contributed by atoms with E-state index in [1.165, 1.54) is 0 Å². The van der Waals surface area contributed by atoms with E-state index in [2.05, 4.69) is 29.4 Å². The van der Waals surface area contributed by atoms with Gasteiger partial charge < -0.3 is 20.1 Å². The van der Waals surface area contributed by atoms with E-state index in [1.807, 2.05) is 0 Å². The summed E-state index contributed by atoms with van der Waals surface area (Å²) in [6.45, 7) is 9.32. The number of amides is 1. The molecule has 0 radical (unpaired) electrons. The van der Waals surface area contributed by atoms with E-state index >= 15 is 0 Å². The van der Waals surface area contributed by atoms with Gasteiger partial charge in [0, 0.05) is 51.3 Å². The number of rotatable bonds is 6. The number of methoxy groups -OCH3 is 1. The van der Waals surface area contributed by atoms with Gasteiger partial charge in [-0.1, -0.05) is 0 Å². The third-order valence-electron chi connectivity index (χ3n) is 4.78. The molecule has 2 fully saturated rings. The number of likely N-dealkylation sites (tertiary alicyclic amines) is 1. The monoisotopic (exact) mass is 385 g/mol. The van der Waals surface area contributed by atoms with E-state index < -0.39 is 0 Å². The summed E-state index contributed by atoms with van der Waals surface area (Å²) < 4.78 is 10.8. The Morgan fingerprint density at radius 3 is 2.54 bits per heavy atom. The Hall–Kier alpha value is -0.110. The van der Waals surface area contributed by atoms with Crippen LogP contribution in [-0.4, -0.2) is 75.0 Å². The molecule has 2 heterocycles. The number of halogens is 2. The van der Waals surface area contributed by atoms with Crippen LogP contribution in [0.3, 0.4) is 0 Å². The maximum atomic E-state index is 12.1. The Bertz CT molecular complexity index is 358. The number of hydrogen-bond acceptors (Lipinski definition) is 5.